The number of nitrogens with one attached hydrogen (secondary N) is 1. The second-order valence-corrected chi connectivity index (χ2v) is 6.03. The number of aliphatic imine (C=N–C) groups is 1. The van der Waals surface area contributed by atoms with Crippen LogP contribution in [-0.2, 0) is 0 Å². The van der Waals surface area contributed by atoms with Gasteiger partial charge in [-0.05, 0) is 37.3 Å². The first-order valence-electron chi connectivity index (χ1n) is 8.07. The van der Waals surface area contributed by atoms with E-state index in [-0.39, 0.29) is 5.63 Å². The molecule has 0 amide bonds. The highest BCUT2D eigenvalue weighted by molar-refractivity contribution is 6.02. The monoisotopic (exact) mass is 335 g/mol. The van der Waals surface area contributed by atoms with Crippen LogP contribution in [0.25, 0.3) is 11.0 Å². The summed E-state index contributed by atoms with van der Waals surface area (Å²) in [4.78, 5) is 19.0. The van der Waals surface area contributed by atoms with E-state index in [1.54, 1.807) is 0 Å². The molecule has 0 atom stereocenters. The molecule has 0 aliphatic rings. The largest absolute Gasteiger partial charge is 0.422 e. The van der Waals surface area contributed by atoms with Gasteiger partial charge in [-0.1, -0.05) is 12.1 Å². The fourth-order valence-corrected chi connectivity index (χ4v) is 2.65. The van der Waals surface area contributed by atoms with Crippen LogP contribution in [0.3, 0.4) is 0 Å². The highest BCUT2D eigenvalue weighted by Gasteiger charge is 2.10. The molecule has 0 saturated heterocycles. The van der Waals surface area contributed by atoms with Crippen molar-refractivity contribution in [3.63, 3.8) is 0 Å². The van der Waals surface area contributed by atoms with Crippen LogP contribution in [0.15, 0.2) is 62.7 Å². The Hall–Kier alpha value is -3.08. The summed E-state index contributed by atoms with van der Waals surface area (Å²) < 4.78 is 5.52. The zero-order valence-electron chi connectivity index (χ0n) is 14.8. The molecule has 1 aromatic heterocycles. The van der Waals surface area contributed by atoms with Gasteiger partial charge < -0.3 is 14.6 Å². The highest BCUT2D eigenvalue weighted by Crippen LogP contribution is 2.25. The van der Waals surface area contributed by atoms with E-state index in [4.69, 9.17) is 4.42 Å². The van der Waals surface area contributed by atoms with Crippen molar-refractivity contribution in [1.29, 1.82) is 0 Å². The highest BCUT2D eigenvalue weighted by atomic mass is 16.4. The van der Waals surface area contributed by atoms with Crippen molar-refractivity contribution >= 4 is 33.7 Å². The Morgan fingerprint density at radius 1 is 1.12 bits per heavy atom. The molecule has 0 spiro atoms. The Kier molecular flexibility index (Phi) is 4.57. The van der Waals surface area contributed by atoms with E-state index >= 15 is 0 Å². The number of para-hydroxylation sites is 2. The van der Waals surface area contributed by atoms with Gasteiger partial charge in [-0.3, -0.25) is 4.99 Å². The molecule has 128 valence electrons. The van der Waals surface area contributed by atoms with Crippen LogP contribution in [-0.4, -0.2) is 26.9 Å². The Bertz CT molecular complexity index is 1000. The SMILES string of the molecule is CNc1ccccc1N=C(C)c1cc2ccc(N(C)C)cc2oc1=O. The van der Waals surface area contributed by atoms with Crippen LogP contribution in [0.4, 0.5) is 17.1 Å². The molecule has 5 nitrogen and oxygen atoms in total. The van der Waals surface area contributed by atoms with Crippen molar-refractivity contribution in [1.82, 2.24) is 0 Å². The van der Waals surface area contributed by atoms with Gasteiger partial charge in [0.15, 0.2) is 0 Å². The lowest BCUT2D eigenvalue weighted by Crippen LogP contribution is -2.12. The number of hydrogen-bond acceptors (Lipinski definition) is 5. The number of nitrogens with zero attached hydrogens (tertiary/aromatic N) is 2. The van der Waals surface area contributed by atoms with E-state index in [9.17, 15) is 4.79 Å². The van der Waals surface area contributed by atoms with Gasteiger partial charge in [0.2, 0.25) is 0 Å². The molecule has 0 radical (unpaired) electrons. The number of hydrogen-bond donors (Lipinski definition) is 1. The second kappa shape index (κ2) is 6.81. The minimum Gasteiger partial charge on any atom is -0.422 e. The van der Waals surface area contributed by atoms with E-state index in [2.05, 4.69) is 10.3 Å². The molecule has 2 aromatic carbocycles. The van der Waals surface area contributed by atoms with Gasteiger partial charge in [0.05, 0.1) is 22.6 Å². The first-order chi connectivity index (χ1) is 12.0. The molecule has 0 unspecified atom stereocenters. The van der Waals surface area contributed by atoms with Gasteiger partial charge in [0.1, 0.15) is 5.58 Å². The lowest BCUT2D eigenvalue weighted by atomic mass is 10.1. The fourth-order valence-electron chi connectivity index (χ4n) is 2.65. The fraction of sp³-hybridized carbons (Fsp3) is 0.200. The summed E-state index contributed by atoms with van der Waals surface area (Å²) in [6.45, 7) is 1.82. The number of rotatable bonds is 4. The zero-order chi connectivity index (χ0) is 18.0. The molecular formula is C20H21N3O2. The molecule has 0 saturated carbocycles. The van der Waals surface area contributed by atoms with Gasteiger partial charge in [-0.2, -0.15) is 0 Å². The Morgan fingerprint density at radius 2 is 1.88 bits per heavy atom. The Balaban J connectivity index is 2.09. The maximum absolute atomic E-state index is 12.4. The topological polar surface area (TPSA) is 57.8 Å². The van der Waals surface area contributed by atoms with Gasteiger partial charge >= 0.3 is 5.63 Å². The average Bonchev–Trinajstić information content (AvgIpc) is 2.60. The normalized spacial score (nSPS) is 11.6. The lowest BCUT2D eigenvalue weighted by Gasteiger charge is -2.12. The summed E-state index contributed by atoms with van der Waals surface area (Å²) in [5.41, 5.74) is 3.95. The van der Waals surface area contributed by atoms with Crippen molar-refractivity contribution in [2.45, 2.75) is 6.92 Å². The van der Waals surface area contributed by atoms with Crippen LogP contribution in [0.5, 0.6) is 0 Å². The minimum atomic E-state index is -0.383. The van der Waals surface area contributed by atoms with E-state index in [0.29, 0.717) is 16.9 Å². The van der Waals surface area contributed by atoms with Gasteiger partial charge in [-0.25, -0.2) is 4.79 Å². The summed E-state index contributed by atoms with van der Waals surface area (Å²) in [6, 6.07) is 15.3. The summed E-state index contributed by atoms with van der Waals surface area (Å²) >= 11 is 0. The summed E-state index contributed by atoms with van der Waals surface area (Å²) in [5.74, 6) is 0. The molecule has 0 fully saturated rings. The van der Waals surface area contributed by atoms with Crippen molar-refractivity contribution in [3.05, 3.63) is 64.5 Å². The third-order valence-electron chi connectivity index (χ3n) is 4.09. The molecule has 0 aliphatic carbocycles. The van der Waals surface area contributed by atoms with Crippen LogP contribution >= 0.6 is 0 Å². The summed E-state index contributed by atoms with van der Waals surface area (Å²) in [7, 11) is 5.74. The molecule has 0 aliphatic heterocycles. The van der Waals surface area contributed by atoms with Crippen molar-refractivity contribution < 1.29 is 4.42 Å². The predicted molar refractivity (Wildman–Crippen MR) is 105 cm³/mol. The number of anilines is 2. The molecule has 3 aromatic rings. The maximum atomic E-state index is 12.4. The summed E-state index contributed by atoms with van der Waals surface area (Å²) in [5, 5.41) is 3.97. The van der Waals surface area contributed by atoms with Crippen molar-refractivity contribution in [2.24, 2.45) is 4.99 Å². The van der Waals surface area contributed by atoms with Crippen LogP contribution in [0.2, 0.25) is 0 Å². The molecule has 0 bridgehead atoms. The van der Waals surface area contributed by atoms with Crippen LogP contribution in [0, 0.1) is 0 Å². The first-order valence-corrected chi connectivity index (χ1v) is 8.07. The smallest absolute Gasteiger partial charge is 0.345 e. The molecule has 3 rings (SSSR count). The standard InChI is InChI=1S/C20H21N3O2/c1-13(22-18-8-6-5-7-17(18)21-2)16-11-14-9-10-15(23(3)4)12-19(14)25-20(16)24/h5-12,21H,1-4H3. The Labute approximate surface area is 146 Å². The molecule has 25 heavy (non-hydrogen) atoms. The zero-order valence-corrected chi connectivity index (χ0v) is 14.8. The van der Waals surface area contributed by atoms with Crippen LogP contribution in [0.1, 0.15) is 12.5 Å². The molecular weight excluding hydrogens is 314 g/mol. The van der Waals surface area contributed by atoms with E-state index < -0.39 is 0 Å². The molecule has 5 heteroatoms. The molecule has 1 heterocycles. The van der Waals surface area contributed by atoms with E-state index in [0.717, 1.165) is 22.4 Å². The van der Waals surface area contributed by atoms with Gasteiger partial charge in [0.25, 0.3) is 0 Å². The number of fused-ring (bicyclic) bond motifs is 1. The minimum absolute atomic E-state index is 0.383. The summed E-state index contributed by atoms with van der Waals surface area (Å²) in [6.07, 6.45) is 0. The second-order valence-electron chi connectivity index (χ2n) is 6.03. The lowest BCUT2D eigenvalue weighted by molar-refractivity contribution is 0.559. The third kappa shape index (κ3) is 3.40. The van der Waals surface area contributed by atoms with E-state index in [1.807, 2.05) is 81.5 Å². The average molecular weight is 335 g/mol. The molecule has 1 N–H and O–H groups in total. The maximum Gasteiger partial charge on any atom is 0.345 e. The van der Waals surface area contributed by atoms with Gasteiger partial charge in [-0.15, -0.1) is 0 Å². The Morgan fingerprint density at radius 3 is 2.60 bits per heavy atom. The van der Waals surface area contributed by atoms with Crippen molar-refractivity contribution in [3.8, 4) is 0 Å². The third-order valence-corrected chi connectivity index (χ3v) is 4.09. The predicted octanol–water partition coefficient (Wildman–Crippen LogP) is 4.04. The van der Waals surface area contributed by atoms with Gasteiger partial charge in [0, 0.05) is 38.3 Å². The van der Waals surface area contributed by atoms with Crippen molar-refractivity contribution in [2.75, 3.05) is 31.4 Å². The quantitative estimate of drug-likeness (QED) is 0.577. The first kappa shape index (κ1) is 16.8. The van der Waals surface area contributed by atoms with Crippen LogP contribution < -0.4 is 15.8 Å². The van der Waals surface area contributed by atoms with E-state index in [1.165, 1.54) is 0 Å². The number of benzene rings is 2.